The van der Waals surface area contributed by atoms with Crippen molar-refractivity contribution in [3.8, 4) is 5.75 Å². The first-order valence-electron chi connectivity index (χ1n) is 9.40. The molecule has 6 heteroatoms. The lowest BCUT2D eigenvalue weighted by molar-refractivity contribution is -0.135. The Hall–Kier alpha value is -2.08. The molecule has 26 heavy (non-hydrogen) atoms. The summed E-state index contributed by atoms with van der Waals surface area (Å²) in [5, 5.41) is 0. The van der Waals surface area contributed by atoms with Gasteiger partial charge in [0.25, 0.3) is 0 Å². The zero-order valence-corrected chi connectivity index (χ0v) is 16.4. The molecule has 0 radical (unpaired) electrons. The summed E-state index contributed by atoms with van der Waals surface area (Å²) in [4.78, 5) is 30.6. The third-order valence-electron chi connectivity index (χ3n) is 4.44. The maximum Gasteiger partial charge on any atom is 0.415 e. The molecular weight excluding hydrogens is 330 g/mol. The summed E-state index contributed by atoms with van der Waals surface area (Å²) in [6, 6.07) is 9.29. The van der Waals surface area contributed by atoms with Crippen LogP contribution in [0, 0.1) is 5.92 Å². The molecule has 0 bridgehead atoms. The third kappa shape index (κ3) is 6.02. The van der Waals surface area contributed by atoms with E-state index in [2.05, 4.69) is 32.6 Å². The zero-order chi connectivity index (χ0) is 19.1. The zero-order valence-electron chi connectivity index (χ0n) is 16.4. The number of benzene rings is 1. The number of rotatable bonds is 6. The van der Waals surface area contributed by atoms with E-state index < -0.39 is 0 Å². The minimum absolute atomic E-state index is 0.161. The molecule has 1 aliphatic rings. The van der Waals surface area contributed by atoms with Gasteiger partial charge in [0.05, 0.1) is 6.54 Å². The molecule has 1 heterocycles. The average Bonchev–Trinajstić information content (AvgIpc) is 2.60. The third-order valence-corrected chi connectivity index (χ3v) is 4.44. The number of ether oxygens (including phenoxy) is 1. The second-order valence-corrected chi connectivity index (χ2v) is 7.48. The highest BCUT2D eigenvalue weighted by Gasteiger charge is 2.26. The quantitative estimate of drug-likeness (QED) is 0.782. The molecule has 1 saturated heterocycles. The SMILES string of the molecule is CC(C)CN(C(=O)CN1CCN(C(=O)Oc2ccccc2)CC1)C(C)C. The van der Waals surface area contributed by atoms with E-state index in [1.807, 2.05) is 23.1 Å². The monoisotopic (exact) mass is 361 g/mol. The van der Waals surface area contributed by atoms with E-state index in [0.717, 1.165) is 6.54 Å². The number of hydrogen-bond donors (Lipinski definition) is 0. The Kier molecular flexibility index (Phi) is 7.45. The van der Waals surface area contributed by atoms with Crippen molar-refractivity contribution < 1.29 is 14.3 Å². The van der Waals surface area contributed by atoms with E-state index in [4.69, 9.17) is 4.74 Å². The molecule has 2 amide bonds. The summed E-state index contributed by atoms with van der Waals surface area (Å²) < 4.78 is 5.38. The lowest BCUT2D eigenvalue weighted by Gasteiger charge is -2.36. The van der Waals surface area contributed by atoms with Crippen LogP contribution in [0.3, 0.4) is 0 Å². The number of carbonyl (C=O) groups is 2. The van der Waals surface area contributed by atoms with Crippen LogP contribution in [0.25, 0.3) is 0 Å². The smallest absolute Gasteiger partial charge is 0.410 e. The predicted octanol–water partition coefficient (Wildman–Crippen LogP) is 2.70. The van der Waals surface area contributed by atoms with Crippen molar-refractivity contribution in [3.63, 3.8) is 0 Å². The first kappa shape index (κ1) is 20.2. The molecule has 0 atom stereocenters. The summed E-state index contributed by atoms with van der Waals surface area (Å²) >= 11 is 0. The van der Waals surface area contributed by atoms with Gasteiger partial charge >= 0.3 is 6.09 Å². The molecule has 0 saturated carbocycles. The van der Waals surface area contributed by atoms with Gasteiger partial charge in [0.1, 0.15) is 5.75 Å². The van der Waals surface area contributed by atoms with Gasteiger partial charge in [0.2, 0.25) is 5.91 Å². The van der Waals surface area contributed by atoms with Crippen LogP contribution >= 0.6 is 0 Å². The Morgan fingerprint density at radius 3 is 2.19 bits per heavy atom. The van der Waals surface area contributed by atoms with E-state index in [9.17, 15) is 9.59 Å². The van der Waals surface area contributed by atoms with Crippen molar-refractivity contribution in [2.24, 2.45) is 5.92 Å². The molecular formula is C20H31N3O3. The number of hydrogen-bond acceptors (Lipinski definition) is 4. The maximum atomic E-state index is 12.6. The minimum Gasteiger partial charge on any atom is -0.410 e. The van der Waals surface area contributed by atoms with Crippen LogP contribution in [0.2, 0.25) is 0 Å². The molecule has 0 aliphatic carbocycles. The van der Waals surface area contributed by atoms with Crippen molar-refractivity contribution in [2.45, 2.75) is 33.7 Å². The molecule has 1 aliphatic heterocycles. The van der Waals surface area contributed by atoms with Crippen LogP contribution in [0.15, 0.2) is 30.3 Å². The molecule has 1 fully saturated rings. The standard InChI is InChI=1S/C20H31N3O3/c1-16(2)14-23(17(3)4)19(24)15-21-10-12-22(13-11-21)20(25)26-18-8-6-5-7-9-18/h5-9,16-17H,10-15H2,1-4H3. The van der Waals surface area contributed by atoms with Crippen LogP contribution in [-0.2, 0) is 4.79 Å². The second-order valence-electron chi connectivity index (χ2n) is 7.48. The number of piperazine rings is 1. The highest BCUT2D eigenvalue weighted by Crippen LogP contribution is 2.12. The molecule has 0 unspecified atom stereocenters. The Morgan fingerprint density at radius 1 is 1.04 bits per heavy atom. The predicted molar refractivity (Wildman–Crippen MR) is 102 cm³/mol. The molecule has 0 spiro atoms. The first-order valence-corrected chi connectivity index (χ1v) is 9.40. The van der Waals surface area contributed by atoms with Crippen LogP contribution in [0.1, 0.15) is 27.7 Å². The van der Waals surface area contributed by atoms with Gasteiger partial charge in [-0.15, -0.1) is 0 Å². The Morgan fingerprint density at radius 2 is 1.65 bits per heavy atom. The van der Waals surface area contributed by atoms with E-state index >= 15 is 0 Å². The molecule has 0 aromatic heterocycles. The number of amides is 2. The fourth-order valence-electron chi connectivity index (χ4n) is 3.02. The highest BCUT2D eigenvalue weighted by atomic mass is 16.6. The Labute approximate surface area is 156 Å². The Bertz CT molecular complexity index is 581. The summed E-state index contributed by atoms with van der Waals surface area (Å²) in [6.07, 6.45) is -0.328. The van der Waals surface area contributed by atoms with Crippen molar-refractivity contribution in [3.05, 3.63) is 30.3 Å². The van der Waals surface area contributed by atoms with E-state index in [1.54, 1.807) is 17.0 Å². The second kappa shape index (κ2) is 9.57. The van der Waals surface area contributed by atoms with Crippen molar-refractivity contribution in [1.82, 2.24) is 14.7 Å². The van der Waals surface area contributed by atoms with Gasteiger partial charge in [0, 0.05) is 38.8 Å². The Balaban J connectivity index is 1.80. The lowest BCUT2D eigenvalue weighted by Crippen LogP contribution is -2.53. The van der Waals surface area contributed by atoms with E-state index in [-0.39, 0.29) is 18.0 Å². The van der Waals surface area contributed by atoms with Crippen LogP contribution in [0.4, 0.5) is 4.79 Å². The fraction of sp³-hybridized carbons (Fsp3) is 0.600. The van der Waals surface area contributed by atoms with Crippen molar-refractivity contribution >= 4 is 12.0 Å². The highest BCUT2D eigenvalue weighted by molar-refractivity contribution is 5.78. The van der Waals surface area contributed by atoms with Gasteiger partial charge in [-0.3, -0.25) is 9.69 Å². The van der Waals surface area contributed by atoms with Gasteiger partial charge in [-0.25, -0.2) is 4.79 Å². The van der Waals surface area contributed by atoms with Crippen LogP contribution in [0.5, 0.6) is 5.75 Å². The molecule has 0 N–H and O–H groups in total. The number of carbonyl (C=O) groups excluding carboxylic acids is 2. The van der Waals surface area contributed by atoms with Crippen molar-refractivity contribution in [1.29, 1.82) is 0 Å². The van der Waals surface area contributed by atoms with Gasteiger partial charge in [-0.2, -0.15) is 0 Å². The molecule has 2 rings (SSSR count). The minimum atomic E-state index is -0.328. The summed E-state index contributed by atoms with van der Waals surface area (Å²) in [5.41, 5.74) is 0. The van der Waals surface area contributed by atoms with E-state index in [0.29, 0.717) is 44.4 Å². The molecule has 6 nitrogen and oxygen atoms in total. The normalized spacial score (nSPS) is 15.4. The summed E-state index contributed by atoms with van der Waals surface area (Å²) in [7, 11) is 0. The molecule has 144 valence electrons. The van der Waals surface area contributed by atoms with Crippen LogP contribution < -0.4 is 4.74 Å². The summed E-state index contributed by atoms with van der Waals surface area (Å²) in [5.74, 6) is 1.16. The number of nitrogens with zero attached hydrogens (tertiary/aromatic N) is 3. The maximum absolute atomic E-state index is 12.6. The lowest BCUT2D eigenvalue weighted by atomic mass is 10.1. The van der Waals surface area contributed by atoms with Gasteiger partial charge in [-0.1, -0.05) is 32.0 Å². The van der Waals surface area contributed by atoms with Gasteiger partial charge in [-0.05, 0) is 31.9 Å². The summed E-state index contributed by atoms with van der Waals surface area (Å²) in [6.45, 7) is 12.1. The largest absolute Gasteiger partial charge is 0.415 e. The van der Waals surface area contributed by atoms with Crippen molar-refractivity contribution in [2.75, 3.05) is 39.3 Å². The van der Waals surface area contributed by atoms with E-state index in [1.165, 1.54) is 0 Å². The molecule has 1 aromatic carbocycles. The fourth-order valence-corrected chi connectivity index (χ4v) is 3.02. The average molecular weight is 361 g/mol. The van der Waals surface area contributed by atoms with Gasteiger partial charge < -0.3 is 14.5 Å². The molecule has 1 aromatic rings. The first-order chi connectivity index (χ1) is 12.4. The topological polar surface area (TPSA) is 53.1 Å². The van der Waals surface area contributed by atoms with Gasteiger partial charge in [0.15, 0.2) is 0 Å². The number of para-hydroxylation sites is 1. The van der Waals surface area contributed by atoms with Crippen LogP contribution in [-0.4, -0.2) is 72.0 Å².